The van der Waals surface area contributed by atoms with Crippen LogP contribution >= 0.6 is 0 Å². The number of hydrogen-bond acceptors (Lipinski definition) is 3. The highest BCUT2D eigenvalue weighted by Crippen LogP contribution is 2.36. The molecular formula is C10H10O3. The molecule has 3 heteroatoms. The molecule has 0 aromatic rings. The first-order chi connectivity index (χ1) is 6.33. The van der Waals surface area contributed by atoms with E-state index in [-0.39, 0.29) is 24.1 Å². The van der Waals surface area contributed by atoms with E-state index >= 15 is 0 Å². The number of allylic oxidation sites excluding steroid dienone is 2. The van der Waals surface area contributed by atoms with Gasteiger partial charge in [0.05, 0.1) is 12.7 Å². The van der Waals surface area contributed by atoms with Gasteiger partial charge in [-0.05, 0) is 17.7 Å². The van der Waals surface area contributed by atoms with E-state index in [4.69, 9.17) is 9.47 Å². The average Bonchev–Trinajstić information content (AvgIpc) is 2.51. The standard InChI is InChI=1S/C10H10O3/c11-7-2-1-6-3-10-12-5-9(13-10)8(6)4-7/h1-3,8-10H,4-5H2/t8-,9+,10+/m0/s1. The summed E-state index contributed by atoms with van der Waals surface area (Å²) in [6.07, 6.45) is 6.01. The van der Waals surface area contributed by atoms with E-state index < -0.39 is 0 Å². The maximum Gasteiger partial charge on any atom is 0.177 e. The molecule has 3 aliphatic rings. The monoisotopic (exact) mass is 178 g/mol. The zero-order valence-electron chi connectivity index (χ0n) is 7.10. The van der Waals surface area contributed by atoms with Crippen LogP contribution in [0, 0.1) is 5.92 Å². The Bertz CT molecular complexity index is 316. The highest BCUT2D eigenvalue weighted by Gasteiger charge is 2.39. The minimum atomic E-state index is -0.172. The average molecular weight is 178 g/mol. The lowest BCUT2D eigenvalue weighted by Crippen LogP contribution is -2.31. The molecule has 1 saturated heterocycles. The summed E-state index contributed by atoms with van der Waals surface area (Å²) in [5, 5.41) is 0. The number of rotatable bonds is 0. The smallest absolute Gasteiger partial charge is 0.177 e. The lowest BCUT2D eigenvalue weighted by molar-refractivity contribution is -0.117. The van der Waals surface area contributed by atoms with E-state index in [2.05, 4.69) is 0 Å². The third-order valence-electron chi connectivity index (χ3n) is 2.82. The summed E-state index contributed by atoms with van der Waals surface area (Å²) in [5.41, 5.74) is 1.21. The fourth-order valence-electron chi connectivity index (χ4n) is 2.14. The zero-order chi connectivity index (χ0) is 8.84. The molecule has 1 aliphatic carbocycles. The van der Waals surface area contributed by atoms with Crippen molar-refractivity contribution in [3.05, 3.63) is 23.8 Å². The molecule has 0 spiro atoms. The van der Waals surface area contributed by atoms with Gasteiger partial charge in [0.25, 0.3) is 0 Å². The predicted octanol–water partition coefficient (Wildman–Crippen LogP) is 0.813. The fraction of sp³-hybridized carbons (Fsp3) is 0.500. The molecule has 0 unspecified atom stereocenters. The van der Waals surface area contributed by atoms with E-state index in [1.54, 1.807) is 6.08 Å². The van der Waals surface area contributed by atoms with Crippen LogP contribution in [0.25, 0.3) is 0 Å². The van der Waals surface area contributed by atoms with Crippen LogP contribution < -0.4 is 0 Å². The first kappa shape index (κ1) is 7.47. The molecule has 0 aromatic heterocycles. The Hall–Kier alpha value is -0.930. The van der Waals surface area contributed by atoms with Gasteiger partial charge in [0, 0.05) is 12.3 Å². The summed E-state index contributed by atoms with van der Waals surface area (Å²) in [5.74, 6) is 0.423. The van der Waals surface area contributed by atoms with Crippen LogP contribution in [0.5, 0.6) is 0 Å². The SMILES string of the molecule is O=C1C=CC2=C[C@@H]3OC[C@@H](O3)[C@H]2C1. The van der Waals surface area contributed by atoms with Crippen molar-refractivity contribution in [2.24, 2.45) is 5.92 Å². The van der Waals surface area contributed by atoms with Crippen molar-refractivity contribution in [1.29, 1.82) is 0 Å². The third kappa shape index (κ3) is 1.08. The van der Waals surface area contributed by atoms with Crippen molar-refractivity contribution >= 4 is 5.78 Å². The number of ether oxygens (including phenoxy) is 2. The molecule has 0 amide bonds. The molecule has 2 aliphatic heterocycles. The number of carbonyl (C=O) groups excluding carboxylic acids is 1. The highest BCUT2D eigenvalue weighted by molar-refractivity contribution is 5.92. The Balaban J connectivity index is 2.00. The molecular weight excluding hydrogens is 168 g/mol. The molecule has 2 bridgehead atoms. The van der Waals surface area contributed by atoms with Gasteiger partial charge in [-0.25, -0.2) is 0 Å². The number of carbonyl (C=O) groups is 1. The summed E-state index contributed by atoms with van der Waals surface area (Å²) < 4.78 is 10.9. The number of ketones is 1. The number of hydrogen-bond donors (Lipinski definition) is 0. The Morgan fingerprint density at radius 1 is 1.38 bits per heavy atom. The van der Waals surface area contributed by atoms with E-state index in [0.29, 0.717) is 13.0 Å². The van der Waals surface area contributed by atoms with Crippen molar-refractivity contribution < 1.29 is 14.3 Å². The Labute approximate surface area is 76.0 Å². The van der Waals surface area contributed by atoms with Crippen LogP contribution in [0.2, 0.25) is 0 Å². The van der Waals surface area contributed by atoms with Gasteiger partial charge in [0.1, 0.15) is 0 Å². The van der Waals surface area contributed by atoms with Gasteiger partial charge in [-0.2, -0.15) is 0 Å². The lowest BCUT2D eigenvalue weighted by Gasteiger charge is -2.28. The largest absolute Gasteiger partial charge is 0.346 e. The van der Waals surface area contributed by atoms with Crippen LogP contribution in [-0.4, -0.2) is 24.8 Å². The van der Waals surface area contributed by atoms with Crippen molar-refractivity contribution in [1.82, 2.24) is 0 Å². The Kier molecular flexibility index (Phi) is 1.45. The second-order valence-electron chi connectivity index (χ2n) is 3.65. The predicted molar refractivity (Wildman–Crippen MR) is 45.0 cm³/mol. The van der Waals surface area contributed by atoms with Crippen molar-refractivity contribution in [3.63, 3.8) is 0 Å². The summed E-state index contributed by atoms with van der Waals surface area (Å²) in [4.78, 5) is 11.2. The molecule has 0 radical (unpaired) electrons. The van der Waals surface area contributed by atoms with Gasteiger partial charge in [0.15, 0.2) is 12.1 Å². The molecule has 3 nitrogen and oxygen atoms in total. The zero-order valence-corrected chi connectivity index (χ0v) is 7.10. The second kappa shape index (κ2) is 2.53. The number of fused-ring (bicyclic) bond motifs is 4. The Morgan fingerprint density at radius 2 is 2.31 bits per heavy atom. The van der Waals surface area contributed by atoms with Gasteiger partial charge in [-0.1, -0.05) is 6.08 Å². The topological polar surface area (TPSA) is 35.5 Å². The first-order valence-corrected chi connectivity index (χ1v) is 4.52. The van der Waals surface area contributed by atoms with Crippen molar-refractivity contribution in [3.8, 4) is 0 Å². The van der Waals surface area contributed by atoms with Crippen LogP contribution in [-0.2, 0) is 14.3 Å². The normalized spacial score (nSPS) is 41.7. The second-order valence-corrected chi connectivity index (χ2v) is 3.65. The molecule has 3 rings (SSSR count). The minimum Gasteiger partial charge on any atom is -0.346 e. The minimum absolute atomic E-state index is 0.0962. The fourth-order valence-corrected chi connectivity index (χ4v) is 2.14. The summed E-state index contributed by atoms with van der Waals surface area (Å²) in [6, 6.07) is 0. The molecule has 0 N–H and O–H groups in total. The summed E-state index contributed by atoms with van der Waals surface area (Å²) >= 11 is 0. The van der Waals surface area contributed by atoms with Crippen LogP contribution in [0.4, 0.5) is 0 Å². The van der Waals surface area contributed by atoms with Gasteiger partial charge in [-0.3, -0.25) is 4.79 Å². The molecule has 0 saturated carbocycles. The van der Waals surface area contributed by atoms with Crippen LogP contribution in [0.15, 0.2) is 23.8 Å². The molecule has 0 aromatic carbocycles. The third-order valence-corrected chi connectivity index (χ3v) is 2.82. The van der Waals surface area contributed by atoms with Gasteiger partial charge in [0.2, 0.25) is 0 Å². The van der Waals surface area contributed by atoms with Crippen LogP contribution in [0.3, 0.4) is 0 Å². The van der Waals surface area contributed by atoms with Gasteiger partial charge < -0.3 is 9.47 Å². The van der Waals surface area contributed by atoms with E-state index in [1.165, 1.54) is 5.57 Å². The summed E-state index contributed by atoms with van der Waals surface area (Å²) in [6.45, 7) is 0.621. The van der Waals surface area contributed by atoms with Crippen molar-refractivity contribution in [2.75, 3.05) is 6.61 Å². The maximum absolute atomic E-state index is 11.2. The van der Waals surface area contributed by atoms with E-state index in [0.717, 1.165) is 0 Å². The quantitative estimate of drug-likeness (QED) is 0.550. The highest BCUT2D eigenvalue weighted by atomic mass is 16.7. The van der Waals surface area contributed by atoms with Crippen molar-refractivity contribution in [2.45, 2.75) is 18.8 Å². The summed E-state index contributed by atoms with van der Waals surface area (Å²) in [7, 11) is 0. The van der Waals surface area contributed by atoms with E-state index in [9.17, 15) is 4.79 Å². The molecule has 68 valence electrons. The van der Waals surface area contributed by atoms with Gasteiger partial charge >= 0.3 is 0 Å². The molecule has 2 heterocycles. The first-order valence-electron chi connectivity index (χ1n) is 4.52. The molecule has 1 fully saturated rings. The van der Waals surface area contributed by atoms with Gasteiger partial charge in [-0.15, -0.1) is 0 Å². The molecule has 13 heavy (non-hydrogen) atoms. The molecule has 3 atom stereocenters. The maximum atomic E-state index is 11.2. The Morgan fingerprint density at radius 3 is 3.23 bits per heavy atom. The van der Waals surface area contributed by atoms with E-state index in [1.807, 2.05) is 12.2 Å². The van der Waals surface area contributed by atoms with Crippen LogP contribution in [0.1, 0.15) is 6.42 Å². The lowest BCUT2D eigenvalue weighted by atomic mass is 9.83.